The van der Waals surface area contributed by atoms with Gasteiger partial charge in [-0.25, -0.2) is 0 Å². The van der Waals surface area contributed by atoms with Crippen molar-refractivity contribution in [3.63, 3.8) is 0 Å². The molecule has 1 heterocycles. The summed E-state index contributed by atoms with van der Waals surface area (Å²) in [6.45, 7) is 9.25. The van der Waals surface area contributed by atoms with Gasteiger partial charge in [0.25, 0.3) is 0 Å². The van der Waals surface area contributed by atoms with Gasteiger partial charge in [-0.2, -0.15) is 0 Å². The molecule has 1 saturated heterocycles. The molecule has 0 spiro atoms. The number of nitrogens with zero attached hydrogens (tertiary/aromatic N) is 1. The van der Waals surface area contributed by atoms with Gasteiger partial charge in [-0.15, -0.1) is 0 Å². The lowest BCUT2D eigenvalue weighted by Gasteiger charge is -2.26. The summed E-state index contributed by atoms with van der Waals surface area (Å²) in [4.78, 5) is 0. The minimum absolute atomic E-state index is 0.470. The topological polar surface area (TPSA) is 3.24 Å². The molecule has 1 aliphatic rings. The molecule has 0 aromatic rings. The second kappa shape index (κ2) is 2.74. The Hall–Kier alpha value is 0.310. The second-order valence-electron chi connectivity index (χ2n) is 4.26. The summed E-state index contributed by atoms with van der Waals surface area (Å²) in [5.41, 5.74) is 0.470. The summed E-state index contributed by atoms with van der Waals surface area (Å²) in [6.07, 6.45) is 1.31. The Bertz CT molecular complexity index is 117. The van der Waals surface area contributed by atoms with Crippen molar-refractivity contribution in [3.8, 4) is 0 Å². The van der Waals surface area contributed by atoms with Crippen LogP contribution in [0.2, 0.25) is 0 Å². The van der Waals surface area contributed by atoms with Gasteiger partial charge in [-0.05, 0) is 17.8 Å². The van der Waals surface area contributed by atoms with E-state index in [1.807, 2.05) is 0 Å². The van der Waals surface area contributed by atoms with Crippen LogP contribution in [0.3, 0.4) is 0 Å². The molecule has 1 nitrogen and oxygen atoms in total. The first-order valence-corrected chi connectivity index (χ1v) is 4.34. The monoisotopic (exact) mass is 159 g/mol. The minimum Gasteiger partial charge on any atom is -0.253 e. The van der Waals surface area contributed by atoms with E-state index in [2.05, 4.69) is 37.9 Å². The molecule has 1 fully saturated rings. The highest BCUT2D eigenvalue weighted by Gasteiger charge is 2.30. The van der Waals surface area contributed by atoms with E-state index in [0.717, 1.165) is 19.0 Å². The third-order valence-electron chi connectivity index (χ3n) is 2.39. The first kappa shape index (κ1) is 8.41. The van der Waals surface area contributed by atoms with Crippen molar-refractivity contribution in [2.24, 2.45) is 11.3 Å². The Kier molecular flexibility index (Phi) is 2.31. The fourth-order valence-corrected chi connectivity index (χ4v) is 1.76. The number of hydrogen-bond acceptors (Lipinski definition) is 2. The molecule has 60 valence electrons. The van der Waals surface area contributed by atoms with Gasteiger partial charge >= 0.3 is 0 Å². The van der Waals surface area contributed by atoms with E-state index in [0.29, 0.717) is 5.41 Å². The molecule has 1 aliphatic heterocycles. The van der Waals surface area contributed by atoms with Crippen LogP contribution in [0.5, 0.6) is 0 Å². The van der Waals surface area contributed by atoms with E-state index in [1.165, 1.54) is 6.42 Å². The van der Waals surface area contributed by atoms with Crippen LogP contribution >= 0.6 is 12.8 Å². The van der Waals surface area contributed by atoms with Crippen molar-refractivity contribution >= 4 is 12.8 Å². The highest BCUT2D eigenvalue weighted by molar-refractivity contribution is 7.77. The van der Waals surface area contributed by atoms with Crippen LogP contribution in [-0.2, 0) is 0 Å². The molecule has 10 heavy (non-hydrogen) atoms. The van der Waals surface area contributed by atoms with Gasteiger partial charge in [0.15, 0.2) is 0 Å². The Morgan fingerprint density at radius 1 is 1.40 bits per heavy atom. The molecule has 0 bridgehead atoms. The maximum atomic E-state index is 4.32. The van der Waals surface area contributed by atoms with E-state index in [4.69, 9.17) is 0 Å². The summed E-state index contributed by atoms with van der Waals surface area (Å²) >= 11 is 4.32. The highest BCUT2D eigenvalue weighted by atomic mass is 32.1. The number of thiol groups is 1. The van der Waals surface area contributed by atoms with Crippen LogP contribution < -0.4 is 0 Å². The summed E-state index contributed by atoms with van der Waals surface area (Å²) in [6, 6.07) is 0. The SMILES string of the molecule is CC(C)(C)C1CCN(S)C1. The predicted octanol–water partition coefficient (Wildman–Crippen LogP) is 2.20. The molecule has 0 aliphatic carbocycles. The molecular weight excluding hydrogens is 142 g/mol. The van der Waals surface area contributed by atoms with Crippen LogP contribution in [0, 0.1) is 11.3 Å². The predicted molar refractivity (Wildman–Crippen MR) is 48.1 cm³/mol. The lowest BCUT2D eigenvalue weighted by Crippen LogP contribution is -2.22. The molecule has 0 radical (unpaired) electrons. The van der Waals surface area contributed by atoms with Crippen LogP contribution in [0.1, 0.15) is 27.2 Å². The van der Waals surface area contributed by atoms with Gasteiger partial charge < -0.3 is 0 Å². The zero-order valence-corrected chi connectivity index (χ0v) is 7.99. The Morgan fingerprint density at radius 2 is 2.00 bits per heavy atom. The lowest BCUT2D eigenvalue weighted by molar-refractivity contribution is 0.254. The van der Waals surface area contributed by atoms with Crippen molar-refractivity contribution < 1.29 is 0 Å². The summed E-state index contributed by atoms with van der Waals surface area (Å²) in [5, 5.41) is 0. The quantitative estimate of drug-likeness (QED) is 0.530. The van der Waals surface area contributed by atoms with Crippen LogP contribution in [-0.4, -0.2) is 17.4 Å². The average molecular weight is 159 g/mol. The third-order valence-corrected chi connectivity index (χ3v) is 2.75. The Balaban J connectivity index is 2.45. The van der Waals surface area contributed by atoms with Gasteiger partial charge in [-0.1, -0.05) is 33.6 Å². The molecule has 2 heteroatoms. The first-order chi connectivity index (χ1) is 4.50. The third kappa shape index (κ3) is 1.89. The van der Waals surface area contributed by atoms with Crippen LogP contribution in [0.4, 0.5) is 0 Å². The molecule has 1 rings (SSSR count). The molecule has 0 amide bonds. The normalized spacial score (nSPS) is 29.4. The van der Waals surface area contributed by atoms with Gasteiger partial charge in [0.05, 0.1) is 0 Å². The standard InChI is InChI=1S/C8H17NS/c1-8(2,3)7-4-5-9(10)6-7/h7,10H,4-6H2,1-3H3. The Labute approximate surface area is 69.3 Å². The number of hydrogen-bond donors (Lipinski definition) is 1. The van der Waals surface area contributed by atoms with Crippen molar-refractivity contribution in [1.29, 1.82) is 0 Å². The van der Waals surface area contributed by atoms with Crippen molar-refractivity contribution in [1.82, 2.24) is 4.31 Å². The Morgan fingerprint density at radius 3 is 2.20 bits per heavy atom. The molecule has 0 aromatic carbocycles. The van der Waals surface area contributed by atoms with E-state index >= 15 is 0 Å². The summed E-state index contributed by atoms with van der Waals surface area (Å²) in [5.74, 6) is 0.838. The molecule has 1 unspecified atom stereocenters. The second-order valence-corrected chi connectivity index (χ2v) is 4.83. The molecule has 1 atom stereocenters. The van der Waals surface area contributed by atoms with Gasteiger partial charge in [0, 0.05) is 13.1 Å². The van der Waals surface area contributed by atoms with E-state index in [-0.39, 0.29) is 0 Å². The van der Waals surface area contributed by atoms with E-state index < -0.39 is 0 Å². The average Bonchev–Trinajstić information content (AvgIpc) is 2.11. The smallest absolute Gasteiger partial charge is 0.0121 e. The highest BCUT2D eigenvalue weighted by Crippen LogP contribution is 2.33. The summed E-state index contributed by atoms with van der Waals surface area (Å²) in [7, 11) is 0. The van der Waals surface area contributed by atoms with E-state index in [1.54, 1.807) is 0 Å². The molecule has 0 saturated carbocycles. The maximum absolute atomic E-state index is 4.32. The fourth-order valence-electron chi connectivity index (χ4n) is 1.45. The fraction of sp³-hybridized carbons (Fsp3) is 1.00. The zero-order valence-electron chi connectivity index (χ0n) is 7.09. The van der Waals surface area contributed by atoms with Gasteiger partial charge in [0.1, 0.15) is 0 Å². The van der Waals surface area contributed by atoms with Crippen molar-refractivity contribution in [3.05, 3.63) is 0 Å². The van der Waals surface area contributed by atoms with Gasteiger partial charge in [-0.3, -0.25) is 4.31 Å². The molecular formula is C8H17NS. The van der Waals surface area contributed by atoms with Crippen LogP contribution in [0.15, 0.2) is 0 Å². The van der Waals surface area contributed by atoms with Crippen LogP contribution in [0.25, 0.3) is 0 Å². The summed E-state index contributed by atoms with van der Waals surface area (Å²) < 4.78 is 2.12. The van der Waals surface area contributed by atoms with E-state index in [9.17, 15) is 0 Å². The molecule has 0 aromatic heterocycles. The zero-order chi connectivity index (χ0) is 7.78. The van der Waals surface area contributed by atoms with Gasteiger partial charge in [0.2, 0.25) is 0 Å². The molecule has 0 N–H and O–H groups in total. The van der Waals surface area contributed by atoms with Crippen molar-refractivity contribution in [2.45, 2.75) is 27.2 Å². The number of rotatable bonds is 0. The maximum Gasteiger partial charge on any atom is 0.0121 e. The minimum atomic E-state index is 0.470. The largest absolute Gasteiger partial charge is 0.253 e. The first-order valence-electron chi connectivity index (χ1n) is 3.94. The lowest BCUT2D eigenvalue weighted by atomic mass is 9.80. The van der Waals surface area contributed by atoms with Crippen molar-refractivity contribution in [2.75, 3.05) is 13.1 Å².